The van der Waals surface area contributed by atoms with Gasteiger partial charge >= 0.3 is 5.97 Å². The maximum absolute atomic E-state index is 13.6. The van der Waals surface area contributed by atoms with Crippen LogP contribution in [0.4, 0.5) is 4.39 Å². The van der Waals surface area contributed by atoms with Crippen molar-refractivity contribution in [2.24, 2.45) is 0 Å². The average molecular weight is 459 g/mol. The SMILES string of the molecule is CCOC(=O)CC(=O)CC(O)/C=C/c1c(C(C)C)cc(OC)c(OC)c1-c1ccc(F)cc1. The molecule has 6 nitrogen and oxygen atoms in total. The van der Waals surface area contributed by atoms with Crippen molar-refractivity contribution in [3.8, 4) is 22.6 Å². The molecule has 7 heteroatoms. The summed E-state index contributed by atoms with van der Waals surface area (Å²) in [5.74, 6) is -0.299. The van der Waals surface area contributed by atoms with Crippen LogP contribution in [0.5, 0.6) is 11.5 Å². The molecular weight excluding hydrogens is 427 g/mol. The molecular formula is C26H31FO6. The molecule has 2 aromatic rings. The Morgan fingerprint density at radius 1 is 1.12 bits per heavy atom. The first-order valence-electron chi connectivity index (χ1n) is 10.8. The molecule has 0 saturated heterocycles. The molecule has 0 heterocycles. The number of ketones is 1. The van der Waals surface area contributed by atoms with Gasteiger partial charge in [0.15, 0.2) is 11.5 Å². The van der Waals surface area contributed by atoms with Gasteiger partial charge in [-0.15, -0.1) is 0 Å². The Morgan fingerprint density at radius 2 is 1.79 bits per heavy atom. The van der Waals surface area contributed by atoms with Gasteiger partial charge in [-0.05, 0) is 47.7 Å². The highest BCUT2D eigenvalue weighted by Gasteiger charge is 2.22. The Labute approximate surface area is 194 Å². The number of aliphatic hydroxyl groups is 1. The van der Waals surface area contributed by atoms with Crippen LogP contribution < -0.4 is 9.47 Å². The number of aliphatic hydroxyl groups excluding tert-OH is 1. The molecule has 2 aromatic carbocycles. The van der Waals surface area contributed by atoms with Gasteiger partial charge in [0.25, 0.3) is 0 Å². The Morgan fingerprint density at radius 3 is 2.33 bits per heavy atom. The number of hydrogen-bond acceptors (Lipinski definition) is 6. The third-order valence-electron chi connectivity index (χ3n) is 5.07. The van der Waals surface area contributed by atoms with Gasteiger partial charge in [0.05, 0.1) is 26.9 Å². The first kappa shape index (κ1) is 26.1. The topological polar surface area (TPSA) is 82.1 Å². The lowest BCUT2D eigenvalue weighted by Crippen LogP contribution is -2.16. The highest BCUT2D eigenvalue weighted by Crippen LogP contribution is 2.45. The van der Waals surface area contributed by atoms with Crippen molar-refractivity contribution in [3.05, 3.63) is 53.4 Å². The van der Waals surface area contributed by atoms with Gasteiger partial charge in [-0.25, -0.2) is 4.39 Å². The van der Waals surface area contributed by atoms with E-state index in [1.54, 1.807) is 32.2 Å². The van der Waals surface area contributed by atoms with Crippen LogP contribution in [0.3, 0.4) is 0 Å². The fourth-order valence-electron chi connectivity index (χ4n) is 3.54. The van der Waals surface area contributed by atoms with Gasteiger partial charge in [-0.1, -0.05) is 38.1 Å². The van der Waals surface area contributed by atoms with Crippen molar-refractivity contribution in [1.82, 2.24) is 0 Å². The molecule has 0 aliphatic carbocycles. The number of methoxy groups -OCH3 is 2. The largest absolute Gasteiger partial charge is 0.493 e. The number of hydrogen-bond donors (Lipinski definition) is 1. The number of carbonyl (C=O) groups excluding carboxylic acids is 2. The van der Waals surface area contributed by atoms with Gasteiger partial charge in [-0.2, -0.15) is 0 Å². The normalized spacial score (nSPS) is 12.1. The second-order valence-electron chi connectivity index (χ2n) is 7.80. The molecule has 0 radical (unpaired) electrons. The molecule has 178 valence electrons. The van der Waals surface area contributed by atoms with Crippen LogP contribution in [0, 0.1) is 5.82 Å². The minimum atomic E-state index is -1.10. The molecule has 33 heavy (non-hydrogen) atoms. The molecule has 0 spiro atoms. The minimum Gasteiger partial charge on any atom is -0.493 e. The summed E-state index contributed by atoms with van der Waals surface area (Å²) in [6.45, 7) is 5.89. The predicted molar refractivity (Wildman–Crippen MR) is 125 cm³/mol. The van der Waals surface area contributed by atoms with Crippen LogP contribution in [0.2, 0.25) is 0 Å². The third kappa shape index (κ3) is 6.89. The standard InChI is InChI=1S/C26H31FO6/c1-6-33-24(30)14-20(29)13-19(28)11-12-21-22(16(2)3)15-23(31-4)26(32-5)25(21)17-7-9-18(27)10-8-17/h7-12,15-16,19,28H,6,13-14H2,1-5H3/b12-11+. The molecule has 2 rings (SSSR count). The molecule has 0 aliphatic rings. The van der Waals surface area contributed by atoms with Gasteiger partial charge in [0.2, 0.25) is 0 Å². The second-order valence-corrected chi connectivity index (χ2v) is 7.80. The Balaban J connectivity index is 2.50. The third-order valence-corrected chi connectivity index (χ3v) is 5.07. The van der Waals surface area contributed by atoms with Crippen LogP contribution in [0.15, 0.2) is 36.4 Å². The maximum atomic E-state index is 13.6. The van der Waals surface area contributed by atoms with Crippen LogP contribution >= 0.6 is 0 Å². The second kappa shape index (κ2) is 12.2. The highest BCUT2D eigenvalue weighted by atomic mass is 19.1. The quantitative estimate of drug-likeness (QED) is 0.380. The number of ether oxygens (including phenoxy) is 3. The lowest BCUT2D eigenvalue weighted by atomic mass is 9.88. The van der Waals surface area contributed by atoms with E-state index in [2.05, 4.69) is 0 Å². The zero-order chi connectivity index (χ0) is 24.5. The smallest absolute Gasteiger partial charge is 0.313 e. The van der Waals surface area contributed by atoms with Crippen molar-refractivity contribution < 1.29 is 33.3 Å². The molecule has 0 aliphatic heterocycles. The summed E-state index contributed by atoms with van der Waals surface area (Å²) >= 11 is 0. The summed E-state index contributed by atoms with van der Waals surface area (Å²) in [6, 6.07) is 7.88. The van der Waals surface area contributed by atoms with Crippen molar-refractivity contribution >= 4 is 17.8 Å². The van der Waals surface area contributed by atoms with E-state index in [4.69, 9.17) is 14.2 Å². The van der Waals surface area contributed by atoms with E-state index in [9.17, 15) is 19.1 Å². The summed E-state index contributed by atoms with van der Waals surface area (Å²) in [7, 11) is 3.07. The van der Waals surface area contributed by atoms with Crippen LogP contribution in [-0.4, -0.2) is 43.8 Å². The molecule has 0 amide bonds. The Bertz CT molecular complexity index is 995. The fraction of sp³-hybridized carbons (Fsp3) is 0.385. The number of benzene rings is 2. The van der Waals surface area contributed by atoms with Crippen molar-refractivity contribution in [2.75, 3.05) is 20.8 Å². The summed E-state index contributed by atoms with van der Waals surface area (Å²) in [4.78, 5) is 23.6. The molecule has 0 aromatic heterocycles. The van der Waals surface area contributed by atoms with Crippen molar-refractivity contribution in [1.29, 1.82) is 0 Å². The van der Waals surface area contributed by atoms with E-state index < -0.39 is 17.9 Å². The zero-order valence-corrected chi connectivity index (χ0v) is 19.7. The predicted octanol–water partition coefficient (Wildman–Crippen LogP) is 4.92. The molecule has 1 N–H and O–H groups in total. The number of carbonyl (C=O) groups is 2. The van der Waals surface area contributed by atoms with E-state index >= 15 is 0 Å². The first-order valence-corrected chi connectivity index (χ1v) is 10.8. The van der Waals surface area contributed by atoms with Crippen molar-refractivity contribution in [3.63, 3.8) is 0 Å². The van der Waals surface area contributed by atoms with Crippen LogP contribution in [0.1, 0.15) is 50.7 Å². The van der Waals surface area contributed by atoms with Crippen LogP contribution in [-0.2, 0) is 14.3 Å². The minimum absolute atomic E-state index is 0.0891. The molecule has 0 fully saturated rings. The monoisotopic (exact) mass is 458 g/mol. The summed E-state index contributed by atoms with van der Waals surface area (Å²) in [5.41, 5.74) is 3.07. The first-order chi connectivity index (χ1) is 15.7. The van der Waals surface area contributed by atoms with E-state index in [1.165, 1.54) is 25.3 Å². The Kier molecular flexibility index (Phi) is 9.60. The fourth-order valence-corrected chi connectivity index (χ4v) is 3.54. The number of esters is 1. The molecule has 1 unspecified atom stereocenters. The number of rotatable bonds is 11. The highest BCUT2D eigenvalue weighted by molar-refractivity contribution is 5.96. The van der Waals surface area contributed by atoms with Gasteiger partial charge in [0, 0.05) is 12.0 Å². The van der Waals surface area contributed by atoms with E-state index in [-0.39, 0.29) is 31.2 Å². The zero-order valence-electron chi connectivity index (χ0n) is 19.7. The lowest BCUT2D eigenvalue weighted by Gasteiger charge is -2.21. The molecule has 0 bridgehead atoms. The summed E-state index contributed by atoms with van der Waals surface area (Å²) < 4.78 is 29.5. The summed E-state index contributed by atoms with van der Waals surface area (Å²) in [5, 5.41) is 10.4. The van der Waals surface area contributed by atoms with Gasteiger partial charge in [-0.3, -0.25) is 9.59 Å². The van der Waals surface area contributed by atoms with Crippen LogP contribution in [0.25, 0.3) is 17.2 Å². The molecule has 1 atom stereocenters. The van der Waals surface area contributed by atoms with Gasteiger partial charge in [0.1, 0.15) is 18.0 Å². The summed E-state index contributed by atoms with van der Waals surface area (Å²) in [6.07, 6.45) is 1.53. The van der Waals surface area contributed by atoms with Gasteiger partial charge < -0.3 is 19.3 Å². The number of halogens is 1. The maximum Gasteiger partial charge on any atom is 0.313 e. The average Bonchev–Trinajstić information content (AvgIpc) is 2.76. The van der Waals surface area contributed by atoms with E-state index in [1.807, 2.05) is 19.9 Å². The number of Topliss-reactive ketones (excluding diaryl/α,β-unsaturated/α-hetero) is 1. The van der Waals surface area contributed by atoms with Crippen molar-refractivity contribution in [2.45, 2.75) is 45.6 Å². The molecule has 0 saturated carbocycles. The Hall–Kier alpha value is -3.19. The lowest BCUT2D eigenvalue weighted by molar-refractivity contribution is -0.145. The van der Waals surface area contributed by atoms with E-state index in [0.29, 0.717) is 22.6 Å². The van der Waals surface area contributed by atoms with E-state index in [0.717, 1.165) is 11.1 Å².